The Morgan fingerprint density at radius 3 is 2.46 bits per heavy atom. The summed E-state index contributed by atoms with van der Waals surface area (Å²) < 4.78 is 5.35. The van der Waals surface area contributed by atoms with Crippen molar-refractivity contribution in [3.63, 3.8) is 0 Å². The van der Waals surface area contributed by atoms with Crippen molar-refractivity contribution in [2.24, 2.45) is 5.92 Å². The third-order valence-corrected chi connectivity index (χ3v) is 4.30. The van der Waals surface area contributed by atoms with Crippen molar-refractivity contribution in [1.82, 2.24) is 10.2 Å². The van der Waals surface area contributed by atoms with Crippen molar-refractivity contribution in [1.29, 1.82) is 0 Å². The van der Waals surface area contributed by atoms with Gasteiger partial charge in [0.2, 0.25) is 11.8 Å². The summed E-state index contributed by atoms with van der Waals surface area (Å²) in [7, 11) is 0. The number of carbonyl (C=O) groups excluding carboxylic acids is 2. The van der Waals surface area contributed by atoms with Crippen LogP contribution in [0.1, 0.15) is 26.3 Å². The van der Waals surface area contributed by atoms with Gasteiger partial charge < -0.3 is 20.1 Å². The molecular formula is C19H26N2O5. The molecule has 26 heavy (non-hydrogen) atoms. The number of carboxylic acid groups (broad SMARTS) is 1. The summed E-state index contributed by atoms with van der Waals surface area (Å²) >= 11 is 0. The number of amides is 2. The summed E-state index contributed by atoms with van der Waals surface area (Å²) in [5.41, 5.74) is 0.867. The highest BCUT2D eigenvalue weighted by atomic mass is 16.5. The lowest BCUT2D eigenvalue weighted by Crippen LogP contribution is -2.58. The number of carbonyl (C=O) groups is 3. The summed E-state index contributed by atoms with van der Waals surface area (Å²) in [6, 6.07) is 8.59. The van der Waals surface area contributed by atoms with Crippen molar-refractivity contribution in [2.75, 3.05) is 13.1 Å². The quantitative estimate of drug-likeness (QED) is 0.789. The largest absolute Gasteiger partial charge is 0.479 e. The normalized spacial score (nSPS) is 21.3. The van der Waals surface area contributed by atoms with E-state index in [9.17, 15) is 19.5 Å². The van der Waals surface area contributed by atoms with Gasteiger partial charge in [0.25, 0.3) is 0 Å². The van der Waals surface area contributed by atoms with E-state index >= 15 is 0 Å². The first kappa shape index (κ1) is 19.9. The van der Waals surface area contributed by atoms with E-state index in [2.05, 4.69) is 5.32 Å². The molecule has 0 radical (unpaired) electrons. The topological polar surface area (TPSA) is 95.9 Å². The second kappa shape index (κ2) is 8.80. The molecule has 0 spiro atoms. The van der Waals surface area contributed by atoms with E-state index in [0.29, 0.717) is 6.54 Å². The van der Waals surface area contributed by atoms with Crippen molar-refractivity contribution in [2.45, 2.75) is 45.4 Å². The highest BCUT2D eigenvalue weighted by molar-refractivity contribution is 5.89. The van der Waals surface area contributed by atoms with E-state index in [4.69, 9.17) is 4.74 Å². The molecule has 1 aliphatic rings. The molecule has 3 atom stereocenters. The smallest absolute Gasteiger partial charge is 0.334 e. The molecule has 1 aromatic carbocycles. The lowest BCUT2D eigenvalue weighted by molar-refractivity contribution is -0.167. The first-order valence-electron chi connectivity index (χ1n) is 8.78. The number of benzene rings is 1. The van der Waals surface area contributed by atoms with Crippen LogP contribution in [0.4, 0.5) is 0 Å². The summed E-state index contributed by atoms with van der Waals surface area (Å²) in [4.78, 5) is 37.9. The molecule has 1 fully saturated rings. The maximum absolute atomic E-state index is 12.9. The number of morpholine rings is 1. The van der Waals surface area contributed by atoms with Gasteiger partial charge in [0.1, 0.15) is 6.04 Å². The van der Waals surface area contributed by atoms with Gasteiger partial charge >= 0.3 is 5.97 Å². The van der Waals surface area contributed by atoms with Crippen LogP contribution < -0.4 is 5.32 Å². The third-order valence-electron chi connectivity index (χ3n) is 4.30. The zero-order valence-electron chi connectivity index (χ0n) is 15.3. The maximum Gasteiger partial charge on any atom is 0.334 e. The number of hydrogen-bond donors (Lipinski definition) is 2. The molecule has 1 aromatic rings. The Hall–Kier alpha value is -2.41. The van der Waals surface area contributed by atoms with Crippen LogP contribution in [0.5, 0.6) is 0 Å². The first-order valence-corrected chi connectivity index (χ1v) is 8.78. The molecule has 2 unspecified atom stereocenters. The highest BCUT2D eigenvalue weighted by Crippen LogP contribution is 2.15. The highest BCUT2D eigenvalue weighted by Gasteiger charge is 2.36. The fourth-order valence-corrected chi connectivity index (χ4v) is 2.98. The third kappa shape index (κ3) is 5.29. The SMILES string of the molecule is CC(C)C(NC(=O)Cc1ccccc1)C(=O)N1CC(C(=O)O)O[C@H](C)C1. The van der Waals surface area contributed by atoms with Gasteiger partial charge in [-0.05, 0) is 18.4 Å². The molecule has 0 aromatic heterocycles. The van der Waals surface area contributed by atoms with E-state index < -0.39 is 18.1 Å². The predicted octanol–water partition coefficient (Wildman–Crippen LogP) is 1.07. The second-order valence-corrected chi connectivity index (χ2v) is 6.97. The van der Waals surface area contributed by atoms with E-state index in [1.165, 1.54) is 4.90 Å². The number of hydrogen-bond acceptors (Lipinski definition) is 4. The average Bonchev–Trinajstić information content (AvgIpc) is 2.59. The number of nitrogens with zero attached hydrogens (tertiary/aromatic N) is 1. The maximum atomic E-state index is 12.9. The number of rotatable bonds is 6. The molecule has 0 bridgehead atoms. The summed E-state index contributed by atoms with van der Waals surface area (Å²) in [6.45, 7) is 5.72. The van der Waals surface area contributed by atoms with Crippen molar-refractivity contribution < 1.29 is 24.2 Å². The zero-order valence-corrected chi connectivity index (χ0v) is 15.3. The van der Waals surface area contributed by atoms with Crippen LogP contribution in [0.2, 0.25) is 0 Å². The molecule has 0 saturated carbocycles. The molecule has 1 aliphatic heterocycles. The van der Waals surface area contributed by atoms with Crippen molar-refractivity contribution in [3.05, 3.63) is 35.9 Å². The lowest BCUT2D eigenvalue weighted by atomic mass is 10.0. The van der Waals surface area contributed by atoms with Gasteiger partial charge in [-0.2, -0.15) is 0 Å². The number of nitrogens with one attached hydrogen (secondary N) is 1. The monoisotopic (exact) mass is 362 g/mol. The van der Waals surface area contributed by atoms with E-state index in [-0.39, 0.29) is 36.8 Å². The van der Waals surface area contributed by atoms with E-state index in [1.54, 1.807) is 6.92 Å². The van der Waals surface area contributed by atoms with Gasteiger partial charge in [-0.3, -0.25) is 9.59 Å². The van der Waals surface area contributed by atoms with Gasteiger partial charge in [-0.15, -0.1) is 0 Å². The Kier molecular flexibility index (Phi) is 6.74. The molecule has 1 saturated heterocycles. The standard InChI is InChI=1S/C19H26N2O5/c1-12(2)17(20-16(22)9-14-7-5-4-6-8-14)18(23)21-10-13(3)26-15(11-21)19(24)25/h4-8,12-13,15,17H,9-11H2,1-3H3,(H,20,22)(H,24,25)/t13-,15?,17?/m1/s1. The number of ether oxygens (including phenoxy) is 1. The van der Waals surface area contributed by atoms with Gasteiger partial charge in [-0.1, -0.05) is 44.2 Å². The van der Waals surface area contributed by atoms with Gasteiger partial charge in [0.05, 0.1) is 19.1 Å². The number of aliphatic carboxylic acids is 1. The molecule has 142 valence electrons. The van der Waals surface area contributed by atoms with Crippen LogP contribution in [-0.4, -0.2) is 59.1 Å². The van der Waals surface area contributed by atoms with Crippen molar-refractivity contribution >= 4 is 17.8 Å². The molecule has 0 aliphatic carbocycles. The fourth-order valence-electron chi connectivity index (χ4n) is 2.98. The lowest BCUT2D eigenvalue weighted by Gasteiger charge is -2.37. The molecule has 2 rings (SSSR count). The zero-order chi connectivity index (χ0) is 19.3. The van der Waals surface area contributed by atoms with Gasteiger partial charge in [0, 0.05) is 6.54 Å². The van der Waals surface area contributed by atoms with Gasteiger partial charge in [-0.25, -0.2) is 4.79 Å². The van der Waals surface area contributed by atoms with Crippen LogP contribution >= 0.6 is 0 Å². The average molecular weight is 362 g/mol. The second-order valence-electron chi connectivity index (χ2n) is 6.97. The minimum absolute atomic E-state index is 0.0176. The predicted molar refractivity (Wildman–Crippen MR) is 95.5 cm³/mol. The van der Waals surface area contributed by atoms with Crippen LogP contribution in [0.3, 0.4) is 0 Å². The molecule has 2 N–H and O–H groups in total. The van der Waals surface area contributed by atoms with Crippen LogP contribution in [0.15, 0.2) is 30.3 Å². The van der Waals surface area contributed by atoms with Crippen molar-refractivity contribution in [3.8, 4) is 0 Å². The Morgan fingerprint density at radius 2 is 1.88 bits per heavy atom. The fraction of sp³-hybridized carbons (Fsp3) is 0.526. The molecule has 7 nitrogen and oxygen atoms in total. The van der Waals surface area contributed by atoms with E-state index in [1.807, 2.05) is 44.2 Å². The molecular weight excluding hydrogens is 336 g/mol. The van der Waals surface area contributed by atoms with Gasteiger partial charge in [0.15, 0.2) is 6.10 Å². The first-order chi connectivity index (χ1) is 12.3. The molecule has 7 heteroatoms. The molecule has 1 heterocycles. The van der Waals surface area contributed by atoms with Crippen LogP contribution in [-0.2, 0) is 25.5 Å². The summed E-state index contributed by atoms with van der Waals surface area (Å²) in [5, 5.41) is 12.0. The summed E-state index contributed by atoms with van der Waals surface area (Å²) in [5.74, 6) is -1.73. The Morgan fingerprint density at radius 1 is 1.23 bits per heavy atom. The van der Waals surface area contributed by atoms with Crippen LogP contribution in [0, 0.1) is 5.92 Å². The van der Waals surface area contributed by atoms with E-state index in [0.717, 1.165) is 5.56 Å². The Balaban J connectivity index is 2.04. The van der Waals surface area contributed by atoms with Crippen LogP contribution in [0.25, 0.3) is 0 Å². The Bertz CT molecular complexity index is 647. The number of carboxylic acids is 1. The Labute approximate surface area is 153 Å². The summed E-state index contributed by atoms with van der Waals surface area (Å²) in [6.07, 6.45) is -1.23. The molecule has 2 amide bonds. The minimum atomic E-state index is -1.09. The minimum Gasteiger partial charge on any atom is -0.479 e.